The van der Waals surface area contributed by atoms with Crippen molar-refractivity contribution in [2.24, 2.45) is 5.92 Å². The Labute approximate surface area is 173 Å². The third-order valence-electron chi connectivity index (χ3n) is 5.25. The van der Waals surface area contributed by atoms with Crippen molar-refractivity contribution < 1.29 is 24.3 Å². The number of carboxylic acid groups (broad SMARTS) is 1. The third-order valence-corrected chi connectivity index (χ3v) is 6.46. The Kier molecular flexibility index (Phi) is 6.37. The molecular formula is C22H23NO5S. The quantitative estimate of drug-likeness (QED) is 0.730. The zero-order valence-electron chi connectivity index (χ0n) is 16.3. The molecule has 2 aromatic carbocycles. The largest absolute Gasteiger partial charge is 0.480 e. The van der Waals surface area contributed by atoms with Gasteiger partial charge in [0.1, 0.15) is 6.04 Å². The van der Waals surface area contributed by atoms with Gasteiger partial charge in [-0.25, -0.2) is 4.79 Å². The van der Waals surface area contributed by atoms with E-state index in [0.29, 0.717) is 24.9 Å². The van der Waals surface area contributed by atoms with Crippen LogP contribution >= 0.6 is 11.8 Å². The van der Waals surface area contributed by atoms with Gasteiger partial charge in [-0.3, -0.25) is 14.4 Å². The Morgan fingerprint density at radius 2 is 1.79 bits per heavy atom. The van der Waals surface area contributed by atoms with Gasteiger partial charge in [0.25, 0.3) is 0 Å². The van der Waals surface area contributed by atoms with Crippen molar-refractivity contribution >= 4 is 45.3 Å². The summed E-state index contributed by atoms with van der Waals surface area (Å²) in [6.07, 6.45) is 1.01. The zero-order valence-corrected chi connectivity index (χ0v) is 17.1. The van der Waals surface area contributed by atoms with Gasteiger partial charge in [0, 0.05) is 19.0 Å². The molecule has 0 aliphatic carbocycles. The van der Waals surface area contributed by atoms with Gasteiger partial charge in [0.2, 0.25) is 5.91 Å². The molecule has 1 heterocycles. The number of ketones is 1. The first kappa shape index (κ1) is 21.0. The summed E-state index contributed by atoms with van der Waals surface area (Å²) in [4.78, 5) is 50.8. The van der Waals surface area contributed by atoms with Crippen LogP contribution in [0.2, 0.25) is 0 Å². The molecule has 1 saturated heterocycles. The van der Waals surface area contributed by atoms with Crippen LogP contribution < -0.4 is 0 Å². The first-order chi connectivity index (χ1) is 13.8. The van der Waals surface area contributed by atoms with Crippen LogP contribution in [0.3, 0.4) is 0 Å². The number of rotatable bonds is 6. The number of thioether (sulfide) groups is 1. The van der Waals surface area contributed by atoms with Crippen molar-refractivity contribution in [2.45, 2.75) is 38.0 Å². The first-order valence-corrected chi connectivity index (χ1v) is 10.4. The number of carboxylic acids is 1. The molecule has 2 aromatic rings. The van der Waals surface area contributed by atoms with E-state index < -0.39 is 29.1 Å². The predicted octanol–water partition coefficient (Wildman–Crippen LogP) is 3.38. The third kappa shape index (κ3) is 4.50. The number of likely N-dealkylation sites (tertiary alicyclic amines) is 1. The average molecular weight is 413 g/mol. The maximum absolute atomic E-state index is 13.2. The minimum Gasteiger partial charge on any atom is -0.480 e. The first-order valence-electron chi connectivity index (χ1n) is 9.53. The second kappa shape index (κ2) is 8.78. The van der Waals surface area contributed by atoms with E-state index in [1.165, 1.54) is 11.8 Å². The van der Waals surface area contributed by atoms with Crippen LogP contribution in [0, 0.1) is 5.92 Å². The van der Waals surface area contributed by atoms with E-state index >= 15 is 0 Å². The van der Waals surface area contributed by atoms with Gasteiger partial charge in [-0.2, -0.15) is 0 Å². The Morgan fingerprint density at radius 3 is 2.45 bits per heavy atom. The van der Waals surface area contributed by atoms with Crippen molar-refractivity contribution in [3.63, 3.8) is 0 Å². The molecule has 0 radical (unpaired) electrons. The van der Waals surface area contributed by atoms with Gasteiger partial charge in [0.15, 0.2) is 10.9 Å². The highest BCUT2D eigenvalue weighted by molar-refractivity contribution is 8.14. The lowest BCUT2D eigenvalue weighted by Crippen LogP contribution is -2.46. The van der Waals surface area contributed by atoms with E-state index in [9.17, 15) is 24.3 Å². The molecule has 1 N–H and O–H groups in total. The molecular weight excluding hydrogens is 390 g/mol. The minimum absolute atomic E-state index is 0.264. The van der Waals surface area contributed by atoms with Crippen LogP contribution in [0.15, 0.2) is 42.5 Å². The number of carbonyl (C=O) groups excluding carboxylic acids is 3. The molecule has 0 saturated carbocycles. The van der Waals surface area contributed by atoms with Crippen LogP contribution in [0.5, 0.6) is 0 Å². The number of hydrogen-bond donors (Lipinski definition) is 1. The SMILES string of the molecule is CC(=O)S[C@H](C(=O)c1ccc2ccccc2c1)[C@H](C)C(=O)N1CCC[C@H]1C(=O)O. The summed E-state index contributed by atoms with van der Waals surface area (Å²) in [6, 6.07) is 12.1. The van der Waals surface area contributed by atoms with Gasteiger partial charge in [0.05, 0.1) is 11.2 Å². The normalized spacial score (nSPS) is 18.4. The second-order valence-corrected chi connectivity index (χ2v) is 8.59. The standard InChI is InChI=1S/C22H23NO5S/c1-13(21(26)23-11-5-8-18(23)22(27)28)20(29-14(2)24)19(25)17-10-9-15-6-3-4-7-16(15)12-17/h3-4,6-7,9-10,12-13,18,20H,5,8,11H2,1-2H3,(H,27,28)/t13-,18-,20-/m0/s1. The van der Waals surface area contributed by atoms with Crippen LogP contribution in [-0.4, -0.2) is 50.6 Å². The summed E-state index contributed by atoms with van der Waals surface area (Å²) in [5.74, 6) is -2.56. The van der Waals surface area contributed by atoms with E-state index in [4.69, 9.17) is 0 Å². The van der Waals surface area contributed by atoms with Crippen LogP contribution in [0.4, 0.5) is 0 Å². The lowest BCUT2D eigenvalue weighted by molar-refractivity contribution is -0.149. The number of Topliss-reactive ketones (excluding diaryl/α,β-unsaturated/α-hetero) is 1. The van der Waals surface area contributed by atoms with Crippen molar-refractivity contribution in [1.82, 2.24) is 4.90 Å². The lowest BCUT2D eigenvalue weighted by atomic mass is 9.96. The maximum atomic E-state index is 13.2. The fraction of sp³-hybridized carbons (Fsp3) is 0.364. The van der Waals surface area contributed by atoms with Crippen LogP contribution in [0.25, 0.3) is 10.8 Å². The molecule has 6 nitrogen and oxygen atoms in total. The lowest BCUT2D eigenvalue weighted by Gasteiger charge is -2.28. The summed E-state index contributed by atoms with van der Waals surface area (Å²) >= 11 is 0.829. The molecule has 1 aliphatic heterocycles. The Morgan fingerprint density at radius 1 is 1.10 bits per heavy atom. The van der Waals surface area contributed by atoms with Gasteiger partial charge in [-0.15, -0.1) is 0 Å². The molecule has 0 spiro atoms. The Hall–Kier alpha value is -2.67. The minimum atomic E-state index is -1.04. The Bertz CT molecular complexity index is 973. The molecule has 1 amide bonds. The van der Waals surface area contributed by atoms with Crippen molar-refractivity contribution in [3.8, 4) is 0 Å². The number of benzene rings is 2. The fourth-order valence-electron chi connectivity index (χ4n) is 3.75. The summed E-state index contributed by atoms with van der Waals surface area (Å²) in [5.41, 5.74) is 0.429. The maximum Gasteiger partial charge on any atom is 0.326 e. The van der Waals surface area contributed by atoms with Gasteiger partial charge >= 0.3 is 5.97 Å². The highest BCUT2D eigenvalue weighted by atomic mass is 32.2. The van der Waals surface area contributed by atoms with E-state index in [-0.39, 0.29) is 10.9 Å². The van der Waals surface area contributed by atoms with Gasteiger partial charge < -0.3 is 10.0 Å². The highest BCUT2D eigenvalue weighted by Gasteiger charge is 2.40. The molecule has 152 valence electrons. The summed E-state index contributed by atoms with van der Waals surface area (Å²) in [6.45, 7) is 3.30. The summed E-state index contributed by atoms with van der Waals surface area (Å²) < 4.78 is 0. The molecule has 0 unspecified atom stereocenters. The number of fused-ring (bicyclic) bond motifs is 1. The van der Waals surface area contributed by atoms with E-state index in [1.54, 1.807) is 19.1 Å². The van der Waals surface area contributed by atoms with E-state index in [0.717, 1.165) is 22.5 Å². The average Bonchev–Trinajstić information content (AvgIpc) is 3.20. The summed E-state index contributed by atoms with van der Waals surface area (Å²) in [7, 11) is 0. The van der Waals surface area contributed by atoms with Gasteiger partial charge in [-0.1, -0.05) is 55.1 Å². The zero-order chi connectivity index (χ0) is 21.1. The van der Waals surface area contributed by atoms with Crippen LogP contribution in [0.1, 0.15) is 37.0 Å². The molecule has 7 heteroatoms. The monoisotopic (exact) mass is 413 g/mol. The second-order valence-electron chi connectivity index (χ2n) is 7.27. The number of carbonyl (C=O) groups is 4. The van der Waals surface area contributed by atoms with Crippen molar-refractivity contribution in [2.75, 3.05) is 6.54 Å². The molecule has 3 rings (SSSR count). The fourth-order valence-corrected chi connectivity index (χ4v) is 4.67. The topological polar surface area (TPSA) is 91.8 Å². The molecule has 1 fully saturated rings. The predicted molar refractivity (Wildman–Crippen MR) is 112 cm³/mol. The smallest absolute Gasteiger partial charge is 0.326 e. The number of amides is 1. The van der Waals surface area contributed by atoms with Crippen molar-refractivity contribution in [1.29, 1.82) is 0 Å². The molecule has 29 heavy (non-hydrogen) atoms. The van der Waals surface area contributed by atoms with Gasteiger partial charge in [-0.05, 0) is 29.7 Å². The highest BCUT2D eigenvalue weighted by Crippen LogP contribution is 2.30. The van der Waals surface area contributed by atoms with E-state index in [2.05, 4.69) is 0 Å². The van der Waals surface area contributed by atoms with Crippen molar-refractivity contribution in [3.05, 3.63) is 48.0 Å². The molecule has 3 atom stereocenters. The molecule has 1 aliphatic rings. The molecule has 0 aromatic heterocycles. The number of nitrogens with zero attached hydrogens (tertiary/aromatic N) is 1. The number of aliphatic carboxylic acids is 1. The Balaban J connectivity index is 1.89. The number of hydrogen-bond acceptors (Lipinski definition) is 5. The summed E-state index contributed by atoms with van der Waals surface area (Å²) in [5, 5.41) is 10.1. The molecule has 0 bridgehead atoms. The van der Waals surface area contributed by atoms with E-state index in [1.807, 2.05) is 30.3 Å². The van der Waals surface area contributed by atoms with Crippen LogP contribution in [-0.2, 0) is 14.4 Å².